The molecule has 2 heterocycles. The minimum absolute atomic E-state index is 0.363. The Morgan fingerprint density at radius 2 is 2.18 bits per heavy atom. The zero-order valence-corrected chi connectivity index (χ0v) is 10.7. The number of hydrogen-bond acceptors (Lipinski definition) is 4. The number of thiophene rings is 2. The predicted octanol–water partition coefficient (Wildman–Crippen LogP) is 3.27. The second-order valence-corrected chi connectivity index (χ2v) is 5.65. The van der Waals surface area contributed by atoms with Crippen LogP contribution in [0.5, 0.6) is 0 Å². The first kappa shape index (κ1) is 12.3. The van der Waals surface area contributed by atoms with Crippen molar-refractivity contribution in [3.63, 3.8) is 0 Å². The summed E-state index contributed by atoms with van der Waals surface area (Å²) in [6.45, 7) is 1.16. The van der Waals surface area contributed by atoms with Gasteiger partial charge in [0.05, 0.1) is 13.2 Å². The molecule has 0 bridgehead atoms. The number of ether oxygens (including phenoxy) is 1. The van der Waals surface area contributed by atoms with Gasteiger partial charge in [-0.3, -0.25) is 0 Å². The number of aromatic carboxylic acids is 1. The van der Waals surface area contributed by atoms with E-state index >= 15 is 0 Å². The molecule has 0 unspecified atom stereocenters. The molecule has 0 spiro atoms. The summed E-state index contributed by atoms with van der Waals surface area (Å²) in [6, 6.07) is 7.53. The van der Waals surface area contributed by atoms with E-state index in [1.807, 2.05) is 11.4 Å². The lowest BCUT2D eigenvalue weighted by Crippen LogP contribution is -1.96. The molecule has 2 rings (SSSR count). The van der Waals surface area contributed by atoms with Gasteiger partial charge in [0.15, 0.2) is 0 Å². The Kier molecular flexibility index (Phi) is 4.30. The van der Waals surface area contributed by atoms with Gasteiger partial charge >= 0.3 is 5.97 Å². The maximum Gasteiger partial charge on any atom is 0.345 e. The first-order chi connectivity index (χ1) is 8.25. The second kappa shape index (κ2) is 5.95. The van der Waals surface area contributed by atoms with E-state index in [2.05, 4.69) is 6.07 Å². The van der Waals surface area contributed by atoms with Crippen LogP contribution in [0.3, 0.4) is 0 Å². The largest absolute Gasteiger partial charge is 0.477 e. The first-order valence-electron chi connectivity index (χ1n) is 5.18. The monoisotopic (exact) mass is 268 g/mol. The standard InChI is InChI=1S/C12H12O3S2/c13-12(14)11-4-3-10(17-11)8-15-6-5-9-2-1-7-16-9/h1-4,7H,5-6,8H2,(H,13,14). The second-order valence-electron chi connectivity index (χ2n) is 3.45. The molecular formula is C12H12O3S2. The highest BCUT2D eigenvalue weighted by atomic mass is 32.1. The highest BCUT2D eigenvalue weighted by Gasteiger charge is 2.06. The van der Waals surface area contributed by atoms with Gasteiger partial charge in [0.2, 0.25) is 0 Å². The zero-order chi connectivity index (χ0) is 12.1. The maximum atomic E-state index is 10.7. The summed E-state index contributed by atoms with van der Waals surface area (Å²) in [6.07, 6.45) is 0.912. The molecule has 3 nitrogen and oxygen atoms in total. The minimum Gasteiger partial charge on any atom is -0.477 e. The summed E-state index contributed by atoms with van der Waals surface area (Å²) in [5.41, 5.74) is 0. The summed E-state index contributed by atoms with van der Waals surface area (Å²) < 4.78 is 5.51. The topological polar surface area (TPSA) is 46.5 Å². The molecular weight excluding hydrogens is 256 g/mol. The van der Waals surface area contributed by atoms with E-state index < -0.39 is 5.97 Å². The molecule has 0 aliphatic heterocycles. The lowest BCUT2D eigenvalue weighted by atomic mass is 10.4. The molecule has 0 saturated carbocycles. The van der Waals surface area contributed by atoms with Gasteiger partial charge < -0.3 is 9.84 Å². The van der Waals surface area contributed by atoms with Crippen LogP contribution in [0.25, 0.3) is 0 Å². The van der Waals surface area contributed by atoms with Crippen molar-refractivity contribution in [2.75, 3.05) is 6.61 Å². The van der Waals surface area contributed by atoms with Crippen LogP contribution in [-0.4, -0.2) is 17.7 Å². The highest BCUT2D eigenvalue weighted by Crippen LogP contribution is 2.17. The first-order valence-corrected chi connectivity index (χ1v) is 6.87. The number of carboxylic acid groups (broad SMARTS) is 1. The normalized spacial score (nSPS) is 10.6. The van der Waals surface area contributed by atoms with Crippen LogP contribution in [0.1, 0.15) is 19.4 Å². The third-order valence-electron chi connectivity index (χ3n) is 2.19. The molecule has 0 aliphatic carbocycles. The van der Waals surface area contributed by atoms with E-state index in [0.717, 1.165) is 11.3 Å². The van der Waals surface area contributed by atoms with E-state index in [9.17, 15) is 4.79 Å². The van der Waals surface area contributed by atoms with E-state index in [-0.39, 0.29) is 0 Å². The van der Waals surface area contributed by atoms with Gasteiger partial charge in [0.25, 0.3) is 0 Å². The van der Waals surface area contributed by atoms with Gasteiger partial charge in [0.1, 0.15) is 4.88 Å². The molecule has 2 aromatic rings. The molecule has 0 radical (unpaired) electrons. The molecule has 0 atom stereocenters. The quantitative estimate of drug-likeness (QED) is 0.818. The average Bonchev–Trinajstić information content (AvgIpc) is 2.96. The molecule has 0 aliphatic rings. The Balaban J connectivity index is 1.72. The van der Waals surface area contributed by atoms with Crippen molar-refractivity contribution < 1.29 is 14.6 Å². The van der Waals surface area contributed by atoms with E-state index in [0.29, 0.717) is 18.1 Å². The van der Waals surface area contributed by atoms with Crippen LogP contribution in [-0.2, 0) is 17.8 Å². The smallest absolute Gasteiger partial charge is 0.345 e. The molecule has 1 N–H and O–H groups in total. The molecule has 90 valence electrons. The SMILES string of the molecule is O=C(O)c1ccc(COCCc2cccs2)s1. The number of carbonyl (C=O) groups is 1. The maximum absolute atomic E-state index is 10.7. The molecule has 17 heavy (non-hydrogen) atoms. The number of rotatable bonds is 6. The van der Waals surface area contributed by atoms with Crippen molar-refractivity contribution in [3.8, 4) is 0 Å². The van der Waals surface area contributed by atoms with Crippen LogP contribution in [0.4, 0.5) is 0 Å². The van der Waals surface area contributed by atoms with Crippen LogP contribution in [0.2, 0.25) is 0 Å². The van der Waals surface area contributed by atoms with Gasteiger partial charge in [-0.1, -0.05) is 6.07 Å². The fourth-order valence-corrected chi connectivity index (χ4v) is 2.85. The van der Waals surface area contributed by atoms with Crippen LogP contribution < -0.4 is 0 Å². The van der Waals surface area contributed by atoms with E-state index in [1.54, 1.807) is 23.5 Å². The van der Waals surface area contributed by atoms with Crippen molar-refractivity contribution >= 4 is 28.6 Å². The van der Waals surface area contributed by atoms with Crippen molar-refractivity contribution in [2.24, 2.45) is 0 Å². The molecule has 5 heteroatoms. The number of hydrogen-bond donors (Lipinski definition) is 1. The van der Waals surface area contributed by atoms with E-state index in [4.69, 9.17) is 9.84 Å². The fourth-order valence-electron chi connectivity index (χ4n) is 1.37. The Hall–Kier alpha value is -1.17. The zero-order valence-electron chi connectivity index (χ0n) is 9.09. The van der Waals surface area contributed by atoms with E-state index in [1.165, 1.54) is 16.2 Å². The van der Waals surface area contributed by atoms with Gasteiger partial charge in [-0.2, -0.15) is 0 Å². The summed E-state index contributed by atoms with van der Waals surface area (Å²) >= 11 is 2.99. The van der Waals surface area contributed by atoms with Gasteiger partial charge in [-0.15, -0.1) is 22.7 Å². The summed E-state index contributed by atoms with van der Waals surface area (Å²) in [4.78, 5) is 13.3. The van der Waals surface area contributed by atoms with Crippen LogP contribution in [0, 0.1) is 0 Å². The Bertz CT molecular complexity index is 474. The number of carboxylic acids is 1. The van der Waals surface area contributed by atoms with Crippen LogP contribution in [0.15, 0.2) is 29.6 Å². The predicted molar refractivity (Wildman–Crippen MR) is 69.0 cm³/mol. The molecule has 0 amide bonds. The van der Waals surface area contributed by atoms with Crippen molar-refractivity contribution in [2.45, 2.75) is 13.0 Å². The summed E-state index contributed by atoms with van der Waals surface area (Å²) in [7, 11) is 0. The fraction of sp³-hybridized carbons (Fsp3) is 0.250. The lowest BCUT2D eigenvalue weighted by molar-refractivity contribution is 0.0702. The summed E-state index contributed by atoms with van der Waals surface area (Å²) in [5.74, 6) is -0.875. The third-order valence-corrected chi connectivity index (χ3v) is 4.17. The minimum atomic E-state index is -0.875. The van der Waals surface area contributed by atoms with Crippen LogP contribution >= 0.6 is 22.7 Å². The molecule has 0 fully saturated rings. The van der Waals surface area contributed by atoms with Crippen molar-refractivity contribution in [3.05, 3.63) is 44.3 Å². The third kappa shape index (κ3) is 3.66. The Morgan fingerprint density at radius 1 is 1.29 bits per heavy atom. The highest BCUT2D eigenvalue weighted by molar-refractivity contribution is 7.13. The van der Waals surface area contributed by atoms with Gasteiger partial charge in [-0.25, -0.2) is 4.79 Å². The molecule has 0 saturated heterocycles. The van der Waals surface area contributed by atoms with Gasteiger partial charge in [0, 0.05) is 16.2 Å². The average molecular weight is 268 g/mol. The summed E-state index contributed by atoms with van der Waals surface area (Å²) in [5, 5.41) is 10.8. The van der Waals surface area contributed by atoms with Gasteiger partial charge in [-0.05, 0) is 23.6 Å². The van der Waals surface area contributed by atoms with Crippen molar-refractivity contribution in [1.82, 2.24) is 0 Å². The lowest BCUT2D eigenvalue weighted by Gasteiger charge is -2.00. The Labute approximate surface area is 107 Å². The Morgan fingerprint density at radius 3 is 2.82 bits per heavy atom. The molecule has 0 aromatic carbocycles. The molecule has 2 aromatic heterocycles. The van der Waals surface area contributed by atoms with Crippen molar-refractivity contribution in [1.29, 1.82) is 0 Å².